The summed E-state index contributed by atoms with van der Waals surface area (Å²) in [6.45, 7) is 9.49. The maximum atomic E-state index is 3.57. The van der Waals surface area contributed by atoms with Crippen LogP contribution in [0.3, 0.4) is 0 Å². The average molecular weight is 288 g/mol. The van der Waals surface area contributed by atoms with Crippen LogP contribution in [-0.2, 0) is 0 Å². The second kappa shape index (κ2) is 9.22. The van der Waals surface area contributed by atoms with Crippen molar-refractivity contribution in [2.45, 2.75) is 52.0 Å². The van der Waals surface area contributed by atoms with Gasteiger partial charge < -0.3 is 5.32 Å². The quantitative estimate of drug-likeness (QED) is 0.769. The van der Waals surface area contributed by atoms with E-state index in [1.807, 2.05) is 0 Å². The van der Waals surface area contributed by atoms with Crippen molar-refractivity contribution in [3.05, 3.63) is 35.9 Å². The van der Waals surface area contributed by atoms with E-state index in [-0.39, 0.29) is 0 Å². The van der Waals surface area contributed by atoms with Crippen molar-refractivity contribution in [2.75, 3.05) is 26.2 Å². The van der Waals surface area contributed by atoms with Gasteiger partial charge in [0, 0.05) is 12.6 Å². The summed E-state index contributed by atoms with van der Waals surface area (Å²) in [6, 6.07) is 11.7. The molecule has 2 heteroatoms. The number of piperidine rings is 1. The Morgan fingerprint density at radius 1 is 1.19 bits per heavy atom. The molecule has 2 unspecified atom stereocenters. The Balaban J connectivity index is 2.07. The van der Waals surface area contributed by atoms with Crippen molar-refractivity contribution < 1.29 is 0 Å². The smallest absolute Gasteiger partial charge is 0.0348 e. The number of nitrogens with one attached hydrogen (secondary N) is 1. The molecule has 21 heavy (non-hydrogen) atoms. The highest BCUT2D eigenvalue weighted by Gasteiger charge is 2.23. The van der Waals surface area contributed by atoms with Crippen LogP contribution >= 0.6 is 0 Å². The number of hydrogen-bond donors (Lipinski definition) is 1. The number of hydrogen-bond acceptors (Lipinski definition) is 2. The number of rotatable bonds is 8. The predicted molar refractivity (Wildman–Crippen MR) is 91.5 cm³/mol. The van der Waals surface area contributed by atoms with Gasteiger partial charge in [0.05, 0.1) is 0 Å². The first-order valence-corrected chi connectivity index (χ1v) is 8.84. The molecule has 1 aromatic rings. The van der Waals surface area contributed by atoms with Crippen LogP contribution in [0.2, 0.25) is 0 Å². The first kappa shape index (κ1) is 16.5. The summed E-state index contributed by atoms with van der Waals surface area (Å²) in [5, 5.41) is 3.57. The van der Waals surface area contributed by atoms with Crippen LogP contribution in [0.5, 0.6) is 0 Å². The average Bonchev–Trinajstić information content (AvgIpc) is 2.54. The summed E-state index contributed by atoms with van der Waals surface area (Å²) < 4.78 is 0. The van der Waals surface area contributed by atoms with Gasteiger partial charge in [-0.25, -0.2) is 0 Å². The number of benzene rings is 1. The Labute approximate surface area is 130 Å². The molecule has 0 bridgehead atoms. The molecule has 1 N–H and O–H groups in total. The summed E-state index contributed by atoms with van der Waals surface area (Å²) in [5.41, 5.74) is 1.50. The van der Waals surface area contributed by atoms with Gasteiger partial charge >= 0.3 is 0 Å². The largest absolute Gasteiger partial charge is 0.316 e. The molecule has 1 fully saturated rings. The normalized spacial score (nSPS) is 20.6. The fourth-order valence-corrected chi connectivity index (χ4v) is 3.58. The molecule has 0 radical (unpaired) electrons. The Bertz CT molecular complexity index is 370. The molecule has 1 heterocycles. The van der Waals surface area contributed by atoms with Crippen LogP contribution in [0.25, 0.3) is 0 Å². The molecule has 2 nitrogen and oxygen atoms in total. The minimum Gasteiger partial charge on any atom is -0.316 e. The van der Waals surface area contributed by atoms with E-state index in [1.165, 1.54) is 63.8 Å². The van der Waals surface area contributed by atoms with Gasteiger partial charge in [-0.05, 0) is 56.8 Å². The molecule has 1 aliphatic rings. The lowest BCUT2D eigenvalue weighted by atomic mass is 9.95. The first-order valence-electron chi connectivity index (χ1n) is 8.84. The van der Waals surface area contributed by atoms with Crippen LogP contribution < -0.4 is 5.32 Å². The molecule has 2 atom stereocenters. The Kier molecular flexibility index (Phi) is 7.25. The molecule has 0 spiro atoms. The van der Waals surface area contributed by atoms with Gasteiger partial charge in [0.2, 0.25) is 0 Å². The summed E-state index contributed by atoms with van der Waals surface area (Å²) in [5.74, 6) is 0.827. The molecule has 1 aromatic carbocycles. The van der Waals surface area contributed by atoms with E-state index in [0.29, 0.717) is 6.04 Å². The standard InChI is InChI=1S/C19H32N2/c1-3-9-19(18-11-6-5-7-12-18)21(14-4-2)16-17-10-8-13-20-15-17/h5-7,11-12,17,19-20H,3-4,8-10,13-16H2,1-2H3. The molecule has 1 saturated heterocycles. The predicted octanol–water partition coefficient (Wildman–Crippen LogP) is 4.24. The van der Waals surface area contributed by atoms with Crippen LogP contribution in [0.1, 0.15) is 57.6 Å². The zero-order valence-corrected chi connectivity index (χ0v) is 13.9. The minimum atomic E-state index is 0.595. The van der Waals surface area contributed by atoms with Crippen LogP contribution in [-0.4, -0.2) is 31.1 Å². The van der Waals surface area contributed by atoms with Crippen molar-refractivity contribution in [2.24, 2.45) is 5.92 Å². The molecule has 0 amide bonds. The third-order valence-corrected chi connectivity index (χ3v) is 4.59. The summed E-state index contributed by atoms with van der Waals surface area (Å²) in [4.78, 5) is 2.75. The topological polar surface area (TPSA) is 15.3 Å². The first-order chi connectivity index (χ1) is 10.3. The highest BCUT2D eigenvalue weighted by molar-refractivity contribution is 5.19. The zero-order chi connectivity index (χ0) is 14.9. The molecule has 118 valence electrons. The molecule has 0 aromatic heterocycles. The second-order valence-corrected chi connectivity index (χ2v) is 6.42. The highest BCUT2D eigenvalue weighted by Crippen LogP contribution is 2.27. The van der Waals surface area contributed by atoms with E-state index in [9.17, 15) is 0 Å². The van der Waals surface area contributed by atoms with Crippen molar-refractivity contribution in [1.82, 2.24) is 10.2 Å². The Morgan fingerprint density at radius 2 is 2.00 bits per heavy atom. The molecule has 0 aliphatic carbocycles. The second-order valence-electron chi connectivity index (χ2n) is 6.42. The molecule has 1 aliphatic heterocycles. The third kappa shape index (κ3) is 5.12. The van der Waals surface area contributed by atoms with Crippen molar-refractivity contribution >= 4 is 0 Å². The zero-order valence-electron chi connectivity index (χ0n) is 13.9. The molecule has 0 saturated carbocycles. The van der Waals surface area contributed by atoms with Crippen LogP contribution in [0.15, 0.2) is 30.3 Å². The van der Waals surface area contributed by atoms with E-state index >= 15 is 0 Å². The van der Waals surface area contributed by atoms with Gasteiger partial charge in [-0.2, -0.15) is 0 Å². The fourth-order valence-electron chi connectivity index (χ4n) is 3.58. The minimum absolute atomic E-state index is 0.595. The fraction of sp³-hybridized carbons (Fsp3) is 0.684. The lowest BCUT2D eigenvalue weighted by Gasteiger charge is -2.36. The molecule has 2 rings (SSSR count). The molecular weight excluding hydrogens is 256 g/mol. The Hall–Kier alpha value is -0.860. The third-order valence-electron chi connectivity index (χ3n) is 4.59. The van der Waals surface area contributed by atoms with Gasteiger partial charge in [-0.1, -0.05) is 50.6 Å². The maximum absolute atomic E-state index is 3.57. The van der Waals surface area contributed by atoms with Crippen LogP contribution in [0.4, 0.5) is 0 Å². The lowest BCUT2D eigenvalue weighted by Crippen LogP contribution is -2.40. The van der Waals surface area contributed by atoms with E-state index in [4.69, 9.17) is 0 Å². The maximum Gasteiger partial charge on any atom is 0.0348 e. The van der Waals surface area contributed by atoms with E-state index in [1.54, 1.807) is 0 Å². The monoisotopic (exact) mass is 288 g/mol. The summed E-state index contributed by atoms with van der Waals surface area (Å²) in [7, 11) is 0. The highest BCUT2D eigenvalue weighted by atomic mass is 15.2. The summed E-state index contributed by atoms with van der Waals surface area (Å²) in [6.07, 6.45) is 6.50. The van der Waals surface area contributed by atoms with Crippen molar-refractivity contribution in [3.8, 4) is 0 Å². The van der Waals surface area contributed by atoms with Crippen molar-refractivity contribution in [1.29, 1.82) is 0 Å². The SMILES string of the molecule is CCCC(c1ccccc1)N(CCC)CC1CCCNC1. The lowest BCUT2D eigenvalue weighted by molar-refractivity contribution is 0.146. The van der Waals surface area contributed by atoms with Gasteiger partial charge in [0.25, 0.3) is 0 Å². The van der Waals surface area contributed by atoms with Crippen LogP contribution in [0, 0.1) is 5.92 Å². The van der Waals surface area contributed by atoms with E-state index in [2.05, 4.69) is 54.4 Å². The van der Waals surface area contributed by atoms with Gasteiger partial charge in [-0.3, -0.25) is 4.90 Å². The summed E-state index contributed by atoms with van der Waals surface area (Å²) >= 11 is 0. The Morgan fingerprint density at radius 3 is 2.62 bits per heavy atom. The van der Waals surface area contributed by atoms with Gasteiger partial charge in [-0.15, -0.1) is 0 Å². The van der Waals surface area contributed by atoms with Gasteiger partial charge in [0.15, 0.2) is 0 Å². The molecular formula is C19H32N2. The van der Waals surface area contributed by atoms with E-state index < -0.39 is 0 Å². The van der Waals surface area contributed by atoms with Gasteiger partial charge in [0.1, 0.15) is 0 Å². The van der Waals surface area contributed by atoms with Crippen molar-refractivity contribution in [3.63, 3.8) is 0 Å². The number of nitrogens with zero attached hydrogens (tertiary/aromatic N) is 1. The van der Waals surface area contributed by atoms with E-state index in [0.717, 1.165) is 5.92 Å².